The summed E-state index contributed by atoms with van der Waals surface area (Å²) in [6.45, 7) is 1.91. The number of carbonyl (C=O) groups excluding carboxylic acids is 1. The number of ether oxygens (including phenoxy) is 2. The van der Waals surface area contributed by atoms with Crippen LogP contribution in [0.3, 0.4) is 0 Å². The molecule has 0 bridgehead atoms. The Hall–Kier alpha value is -2.18. The molecule has 0 saturated carbocycles. The van der Waals surface area contributed by atoms with Gasteiger partial charge in [-0.1, -0.05) is 11.6 Å². The monoisotopic (exact) mass is 375 g/mol. The van der Waals surface area contributed by atoms with Gasteiger partial charge in [-0.15, -0.1) is 0 Å². The molecule has 1 saturated heterocycles. The van der Waals surface area contributed by atoms with E-state index in [1.54, 1.807) is 32.4 Å². The minimum atomic E-state index is -0.128. The molecule has 1 aromatic heterocycles. The molecule has 1 aromatic carbocycles. The summed E-state index contributed by atoms with van der Waals surface area (Å²) in [6, 6.07) is 7.06. The predicted octanol–water partition coefficient (Wildman–Crippen LogP) is 3.38. The normalized spacial score (nSPS) is 17.2. The Balaban J connectivity index is 1.79. The maximum Gasteiger partial charge on any atom is 0.171 e. The summed E-state index contributed by atoms with van der Waals surface area (Å²) in [5.41, 5.74) is 1.36. The lowest BCUT2D eigenvalue weighted by atomic mass is 9.89. The fourth-order valence-electron chi connectivity index (χ4n) is 3.28. The highest BCUT2D eigenvalue weighted by atomic mass is 35.5. The zero-order chi connectivity index (χ0) is 18.5. The Morgan fingerprint density at radius 2 is 2.15 bits per heavy atom. The largest absolute Gasteiger partial charge is 0.496 e. The van der Waals surface area contributed by atoms with Crippen molar-refractivity contribution in [3.63, 3.8) is 0 Å². The van der Waals surface area contributed by atoms with Crippen LogP contribution in [0.4, 0.5) is 5.82 Å². The third kappa shape index (κ3) is 4.14. The number of hydrogen-bond acceptors (Lipinski definition) is 6. The summed E-state index contributed by atoms with van der Waals surface area (Å²) in [4.78, 5) is 23.7. The lowest BCUT2D eigenvalue weighted by molar-refractivity contribution is 0.0904. The van der Waals surface area contributed by atoms with E-state index in [9.17, 15) is 4.79 Å². The number of nitrogens with zero attached hydrogens (tertiary/aromatic N) is 3. The molecule has 1 atom stereocenters. The van der Waals surface area contributed by atoms with Crippen LogP contribution >= 0.6 is 11.6 Å². The smallest absolute Gasteiger partial charge is 0.171 e. The summed E-state index contributed by atoms with van der Waals surface area (Å²) in [7, 11) is 3.20. The molecule has 0 aliphatic carbocycles. The number of ketones is 1. The third-order valence-corrected chi connectivity index (χ3v) is 4.78. The van der Waals surface area contributed by atoms with Gasteiger partial charge in [-0.3, -0.25) is 4.79 Å². The predicted molar refractivity (Wildman–Crippen MR) is 100 cm³/mol. The van der Waals surface area contributed by atoms with Crippen molar-refractivity contribution < 1.29 is 14.3 Å². The summed E-state index contributed by atoms with van der Waals surface area (Å²) in [5, 5.41) is 0.529. The first-order valence-corrected chi connectivity index (χ1v) is 8.92. The SMILES string of the molecule is COCc1cc(N2CCCC(C(=O)c3cc(Cl)ccc3OC)C2)ncn1. The van der Waals surface area contributed by atoms with Crippen LogP contribution in [0, 0.1) is 5.92 Å². The van der Waals surface area contributed by atoms with E-state index >= 15 is 0 Å². The Morgan fingerprint density at radius 1 is 1.31 bits per heavy atom. The van der Waals surface area contributed by atoms with Crippen molar-refractivity contribution in [2.45, 2.75) is 19.4 Å². The van der Waals surface area contributed by atoms with Crippen molar-refractivity contribution >= 4 is 23.2 Å². The highest BCUT2D eigenvalue weighted by Gasteiger charge is 2.29. The maximum absolute atomic E-state index is 13.1. The summed E-state index contributed by atoms with van der Waals surface area (Å²) in [6.07, 6.45) is 3.29. The molecule has 6 nitrogen and oxygen atoms in total. The van der Waals surface area contributed by atoms with Crippen molar-refractivity contribution in [3.8, 4) is 5.75 Å². The second-order valence-electron chi connectivity index (χ2n) is 6.29. The van der Waals surface area contributed by atoms with Gasteiger partial charge >= 0.3 is 0 Å². The van der Waals surface area contributed by atoms with E-state index in [1.807, 2.05) is 6.07 Å². The summed E-state index contributed by atoms with van der Waals surface area (Å²) in [5.74, 6) is 1.31. The number of piperidine rings is 1. The lowest BCUT2D eigenvalue weighted by Gasteiger charge is -2.33. The Kier molecular flexibility index (Phi) is 6.06. The number of rotatable bonds is 6. The van der Waals surface area contributed by atoms with E-state index in [0.29, 0.717) is 29.5 Å². The van der Waals surface area contributed by atoms with Crippen LogP contribution in [-0.2, 0) is 11.3 Å². The molecular formula is C19H22ClN3O3. The molecule has 1 fully saturated rings. The van der Waals surface area contributed by atoms with Gasteiger partial charge in [0.25, 0.3) is 0 Å². The fourth-order valence-corrected chi connectivity index (χ4v) is 3.45. The van der Waals surface area contributed by atoms with E-state index < -0.39 is 0 Å². The first-order chi connectivity index (χ1) is 12.6. The zero-order valence-electron chi connectivity index (χ0n) is 14.9. The Morgan fingerprint density at radius 3 is 2.92 bits per heavy atom. The van der Waals surface area contributed by atoms with E-state index in [4.69, 9.17) is 21.1 Å². The van der Waals surface area contributed by atoms with Gasteiger partial charge in [-0.05, 0) is 31.0 Å². The second kappa shape index (κ2) is 8.47. The van der Waals surface area contributed by atoms with E-state index in [0.717, 1.165) is 30.9 Å². The first kappa shape index (κ1) is 18.6. The minimum Gasteiger partial charge on any atom is -0.496 e. The van der Waals surface area contributed by atoms with Gasteiger partial charge in [0, 0.05) is 37.2 Å². The molecule has 2 aromatic rings. The average Bonchev–Trinajstić information content (AvgIpc) is 2.68. The average molecular weight is 376 g/mol. The van der Waals surface area contributed by atoms with Gasteiger partial charge in [-0.25, -0.2) is 9.97 Å². The van der Waals surface area contributed by atoms with Crippen LogP contribution in [0.1, 0.15) is 28.9 Å². The molecule has 0 N–H and O–H groups in total. The topological polar surface area (TPSA) is 64.5 Å². The molecule has 1 aliphatic rings. The number of halogens is 1. The summed E-state index contributed by atoms with van der Waals surface area (Å²) >= 11 is 6.08. The standard InChI is InChI=1S/C19H22ClN3O3/c1-25-11-15-9-18(22-12-21-15)23-7-3-4-13(10-23)19(24)16-8-14(20)5-6-17(16)26-2/h5-6,8-9,12-13H,3-4,7,10-11H2,1-2H3. The second-order valence-corrected chi connectivity index (χ2v) is 6.73. The molecule has 2 heterocycles. The molecule has 1 unspecified atom stereocenters. The molecule has 0 spiro atoms. The molecule has 1 aliphatic heterocycles. The van der Waals surface area contributed by atoms with E-state index in [1.165, 1.54) is 6.33 Å². The molecule has 138 valence electrons. The van der Waals surface area contributed by atoms with Gasteiger partial charge < -0.3 is 14.4 Å². The highest BCUT2D eigenvalue weighted by Crippen LogP contribution is 2.29. The van der Waals surface area contributed by atoms with Gasteiger partial charge in [0.2, 0.25) is 0 Å². The number of anilines is 1. The lowest BCUT2D eigenvalue weighted by Crippen LogP contribution is -2.39. The molecule has 0 amide bonds. The van der Waals surface area contributed by atoms with Gasteiger partial charge in [0.05, 0.1) is 25.0 Å². The summed E-state index contributed by atoms with van der Waals surface area (Å²) < 4.78 is 10.5. The number of methoxy groups -OCH3 is 2. The van der Waals surface area contributed by atoms with Crippen LogP contribution < -0.4 is 9.64 Å². The maximum atomic E-state index is 13.1. The molecular weight excluding hydrogens is 354 g/mol. The van der Waals surface area contributed by atoms with Crippen molar-refractivity contribution in [2.75, 3.05) is 32.2 Å². The van der Waals surface area contributed by atoms with Crippen LogP contribution in [0.25, 0.3) is 0 Å². The Bertz CT molecular complexity index is 784. The zero-order valence-corrected chi connectivity index (χ0v) is 15.7. The van der Waals surface area contributed by atoms with Crippen molar-refractivity contribution in [2.24, 2.45) is 5.92 Å². The fraction of sp³-hybridized carbons (Fsp3) is 0.421. The minimum absolute atomic E-state index is 0.0558. The molecule has 3 rings (SSSR count). The van der Waals surface area contributed by atoms with Crippen LogP contribution in [0.5, 0.6) is 5.75 Å². The van der Waals surface area contributed by atoms with Crippen molar-refractivity contribution in [1.29, 1.82) is 0 Å². The number of Topliss-reactive ketones (excluding diaryl/α,β-unsaturated/α-hetero) is 1. The number of aromatic nitrogens is 2. The van der Waals surface area contributed by atoms with Gasteiger partial charge in [0.1, 0.15) is 17.9 Å². The molecule has 7 heteroatoms. The van der Waals surface area contributed by atoms with E-state index in [-0.39, 0.29) is 11.7 Å². The highest BCUT2D eigenvalue weighted by molar-refractivity contribution is 6.31. The van der Waals surface area contributed by atoms with Gasteiger partial charge in [0.15, 0.2) is 5.78 Å². The molecule has 0 radical (unpaired) electrons. The van der Waals surface area contributed by atoms with Crippen LogP contribution in [0.15, 0.2) is 30.6 Å². The molecule has 26 heavy (non-hydrogen) atoms. The first-order valence-electron chi connectivity index (χ1n) is 8.55. The van der Waals surface area contributed by atoms with Crippen LogP contribution in [-0.4, -0.2) is 43.1 Å². The van der Waals surface area contributed by atoms with E-state index in [2.05, 4.69) is 14.9 Å². The van der Waals surface area contributed by atoms with Gasteiger partial charge in [-0.2, -0.15) is 0 Å². The number of hydrogen-bond donors (Lipinski definition) is 0. The number of benzene rings is 1. The van der Waals surface area contributed by atoms with Crippen LogP contribution in [0.2, 0.25) is 5.02 Å². The van der Waals surface area contributed by atoms with Crippen molar-refractivity contribution in [3.05, 3.63) is 46.9 Å². The Labute approximate surface area is 158 Å². The quantitative estimate of drug-likeness (QED) is 0.721. The number of carbonyl (C=O) groups is 1. The third-order valence-electron chi connectivity index (χ3n) is 4.54. The van der Waals surface area contributed by atoms with Crippen molar-refractivity contribution in [1.82, 2.24) is 9.97 Å².